The highest BCUT2D eigenvalue weighted by atomic mass is 19.4. The molecule has 0 unspecified atom stereocenters. The Morgan fingerprint density at radius 1 is 1.46 bits per heavy atom. The van der Waals surface area contributed by atoms with Crippen molar-refractivity contribution in [3.8, 4) is 0 Å². The van der Waals surface area contributed by atoms with E-state index in [0.717, 1.165) is 12.3 Å². The van der Waals surface area contributed by atoms with Gasteiger partial charge in [0.15, 0.2) is 5.43 Å². The normalized spacial score (nSPS) is 11.7. The Morgan fingerprint density at radius 3 is 2.46 bits per heavy atom. The molecule has 0 radical (unpaired) electrons. The predicted molar refractivity (Wildman–Crippen MR) is 38.0 cm³/mol. The van der Waals surface area contributed by atoms with Gasteiger partial charge in [-0.1, -0.05) is 0 Å². The van der Waals surface area contributed by atoms with Crippen LogP contribution >= 0.6 is 0 Å². The minimum atomic E-state index is -4.64. The van der Waals surface area contributed by atoms with Gasteiger partial charge in [0.1, 0.15) is 5.69 Å². The molecule has 0 spiro atoms. The standard InChI is InChI=1S/C7H6F3NO2/c8-7(9,10)6-4(3-12)5(13)1-2-11-6/h1-2,12H,3H2,(H,11,13). The van der Waals surface area contributed by atoms with E-state index >= 15 is 0 Å². The van der Waals surface area contributed by atoms with Crippen molar-refractivity contribution in [3.05, 3.63) is 33.7 Å². The van der Waals surface area contributed by atoms with Gasteiger partial charge >= 0.3 is 6.18 Å². The van der Waals surface area contributed by atoms with Crippen LogP contribution in [-0.4, -0.2) is 10.1 Å². The van der Waals surface area contributed by atoms with Gasteiger partial charge in [0.05, 0.1) is 12.2 Å². The number of pyridine rings is 1. The number of alkyl halides is 3. The molecule has 0 saturated carbocycles. The molecule has 0 bridgehead atoms. The molecule has 0 aliphatic heterocycles. The molecule has 0 aromatic carbocycles. The highest BCUT2D eigenvalue weighted by Gasteiger charge is 2.34. The Kier molecular flexibility index (Phi) is 2.42. The van der Waals surface area contributed by atoms with E-state index in [0.29, 0.717) is 0 Å². The summed E-state index contributed by atoms with van der Waals surface area (Å²) in [5, 5.41) is 8.54. The Morgan fingerprint density at radius 2 is 2.08 bits per heavy atom. The first kappa shape index (κ1) is 9.79. The number of aliphatic hydroxyl groups is 1. The number of aromatic amines is 1. The number of nitrogens with one attached hydrogen (secondary N) is 1. The number of hydrogen-bond acceptors (Lipinski definition) is 2. The third-order valence-electron chi connectivity index (χ3n) is 1.50. The van der Waals surface area contributed by atoms with Crippen LogP contribution in [0, 0.1) is 0 Å². The zero-order valence-corrected chi connectivity index (χ0v) is 6.35. The van der Waals surface area contributed by atoms with Gasteiger partial charge in [-0.15, -0.1) is 0 Å². The lowest BCUT2D eigenvalue weighted by molar-refractivity contribution is -0.142. The molecule has 0 amide bonds. The van der Waals surface area contributed by atoms with Gasteiger partial charge in [-0.3, -0.25) is 4.79 Å². The maximum Gasteiger partial charge on any atom is 0.431 e. The van der Waals surface area contributed by atoms with Gasteiger partial charge in [0.2, 0.25) is 0 Å². The van der Waals surface area contributed by atoms with Crippen LogP contribution in [0.5, 0.6) is 0 Å². The lowest BCUT2D eigenvalue weighted by Crippen LogP contribution is -2.19. The molecule has 0 aliphatic carbocycles. The third kappa shape index (κ3) is 1.89. The van der Waals surface area contributed by atoms with Gasteiger partial charge in [0, 0.05) is 12.3 Å². The van der Waals surface area contributed by atoms with Crippen molar-refractivity contribution in [2.45, 2.75) is 12.8 Å². The van der Waals surface area contributed by atoms with Gasteiger partial charge in [-0.25, -0.2) is 0 Å². The number of rotatable bonds is 1. The Balaban J connectivity index is 3.38. The van der Waals surface area contributed by atoms with Crippen LogP contribution in [0.15, 0.2) is 17.1 Å². The number of aliphatic hydroxyl groups excluding tert-OH is 1. The molecule has 1 aromatic heterocycles. The minimum Gasteiger partial charge on any atom is -0.391 e. The zero-order chi connectivity index (χ0) is 10.1. The van der Waals surface area contributed by atoms with Crippen molar-refractivity contribution in [1.29, 1.82) is 0 Å². The number of hydrogen-bond donors (Lipinski definition) is 2. The van der Waals surface area contributed by atoms with Crippen molar-refractivity contribution in [3.63, 3.8) is 0 Å². The molecule has 72 valence electrons. The second-order valence-electron chi connectivity index (χ2n) is 2.35. The molecule has 6 heteroatoms. The molecule has 1 heterocycles. The number of halogens is 3. The van der Waals surface area contributed by atoms with Crippen LogP contribution in [0.2, 0.25) is 0 Å². The first-order chi connectivity index (χ1) is 5.96. The third-order valence-corrected chi connectivity index (χ3v) is 1.50. The maximum absolute atomic E-state index is 12.1. The van der Waals surface area contributed by atoms with Crippen LogP contribution in [0.25, 0.3) is 0 Å². The molecular formula is C7H6F3NO2. The van der Waals surface area contributed by atoms with Crippen molar-refractivity contribution in [1.82, 2.24) is 4.98 Å². The summed E-state index contributed by atoms with van der Waals surface area (Å²) in [7, 11) is 0. The van der Waals surface area contributed by atoms with Crippen LogP contribution in [0.4, 0.5) is 13.2 Å². The van der Waals surface area contributed by atoms with Crippen LogP contribution < -0.4 is 5.43 Å². The van der Waals surface area contributed by atoms with Gasteiger partial charge in [-0.05, 0) is 0 Å². The molecule has 1 aromatic rings. The monoisotopic (exact) mass is 193 g/mol. The summed E-state index contributed by atoms with van der Waals surface area (Å²) in [5.74, 6) is 0. The highest BCUT2D eigenvalue weighted by Crippen LogP contribution is 2.28. The summed E-state index contributed by atoms with van der Waals surface area (Å²) >= 11 is 0. The quantitative estimate of drug-likeness (QED) is 0.695. The van der Waals surface area contributed by atoms with E-state index in [-0.39, 0.29) is 0 Å². The van der Waals surface area contributed by atoms with E-state index in [1.807, 2.05) is 4.98 Å². The summed E-state index contributed by atoms with van der Waals surface area (Å²) < 4.78 is 36.4. The van der Waals surface area contributed by atoms with E-state index in [4.69, 9.17) is 5.11 Å². The van der Waals surface area contributed by atoms with Crippen LogP contribution in [0.1, 0.15) is 11.3 Å². The van der Waals surface area contributed by atoms with E-state index < -0.39 is 29.5 Å². The summed E-state index contributed by atoms with van der Waals surface area (Å²) in [6, 6.07) is 0.931. The molecule has 1 rings (SSSR count). The largest absolute Gasteiger partial charge is 0.431 e. The minimum absolute atomic E-state index is 0.657. The van der Waals surface area contributed by atoms with Crippen molar-refractivity contribution in [2.75, 3.05) is 0 Å². The number of H-pyrrole nitrogens is 1. The van der Waals surface area contributed by atoms with Crippen molar-refractivity contribution < 1.29 is 18.3 Å². The Hall–Kier alpha value is -1.30. The Labute approximate surface area is 70.8 Å². The number of aromatic nitrogens is 1. The smallest absolute Gasteiger partial charge is 0.391 e. The van der Waals surface area contributed by atoms with Crippen LogP contribution in [-0.2, 0) is 12.8 Å². The molecular weight excluding hydrogens is 187 g/mol. The van der Waals surface area contributed by atoms with E-state index in [1.165, 1.54) is 0 Å². The van der Waals surface area contributed by atoms with Crippen LogP contribution in [0.3, 0.4) is 0 Å². The fourth-order valence-corrected chi connectivity index (χ4v) is 0.921. The second kappa shape index (κ2) is 3.21. The van der Waals surface area contributed by atoms with Gasteiger partial charge in [-0.2, -0.15) is 13.2 Å². The lowest BCUT2D eigenvalue weighted by atomic mass is 10.2. The lowest BCUT2D eigenvalue weighted by Gasteiger charge is -2.09. The first-order valence-corrected chi connectivity index (χ1v) is 3.35. The molecule has 3 nitrogen and oxygen atoms in total. The van der Waals surface area contributed by atoms with Crippen molar-refractivity contribution in [2.24, 2.45) is 0 Å². The summed E-state index contributed by atoms with van der Waals surface area (Å²) in [5.41, 5.74) is -2.67. The molecule has 2 N–H and O–H groups in total. The summed E-state index contributed by atoms with van der Waals surface area (Å²) in [4.78, 5) is 12.7. The molecule has 0 atom stereocenters. The predicted octanol–water partition coefficient (Wildman–Crippen LogP) is 0.886. The average Bonchev–Trinajstić information content (AvgIpc) is 2.02. The molecule has 0 saturated heterocycles. The maximum atomic E-state index is 12.1. The fourth-order valence-electron chi connectivity index (χ4n) is 0.921. The van der Waals surface area contributed by atoms with Gasteiger partial charge < -0.3 is 10.1 Å². The molecule has 0 aliphatic rings. The Bertz CT molecular complexity index is 355. The second-order valence-corrected chi connectivity index (χ2v) is 2.35. The SMILES string of the molecule is O=c1cc[nH]c(C(F)(F)F)c1CO. The first-order valence-electron chi connectivity index (χ1n) is 3.35. The molecule has 0 fully saturated rings. The zero-order valence-electron chi connectivity index (χ0n) is 6.35. The summed E-state index contributed by atoms with van der Waals surface area (Å²) in [6.45, 7) is -0.926. The summed E-state index contributed by atoms with van der Waals surface area (Å²) in [6.07, 6.45) is -3.75. The van der Waals surface area contributed by atoms with Crippen molar-refractivity contribution >= 4 is 0 Å². The van der Waals surface area contributed by atoms with E-state index in [2.05, 4.69) is 0 Å². The molecule has 13 heavy (non-hydrogen) atoms. The topological polar surface area (TPSA) is 53.1 Å². The fraction of sp³-hybridized carbons (Fsp3) is 0.286. The highest BCUT2D eigenvalue weighted by molar-refractivity contribution is 5.21. The van der Waals surface area contributed by atoms with E-state index in [1.54, 1.807) is 0 Å². The van der Waals surface area contributed by atoms with Gasteiger partial charge in [0.25, 0.3) is 0 Å². The average molecular weight is 193 g/mol. The van der Waals surface area contributed by atoms with E-state index in [9.17, 15) is 18.0 Å².